The molecule has 3 rings (SSSR count). The van der Waals surface area contributed by atoms with Gasteiger partial charge in [0.25, 0.3) is 0 Å². The number of ether oxygens (including phenoxy) is 1. The largest absolute Gasteiger partial charge is 0.466 e. The summed E-state index contributed by atoms with van der Waals surface area (Å²) in [7, 11) is 0. The summed E-state index contributed by atoms with van der Waals surface area (Å²) in [5.74, 6) is -0.241. The molecule has 1 fully saturated rings. The Hall–Kier alpha value is -2.07. The third kappa shape index (κ3) is 4.55. The predicted molar refractivity (Wildman–Crippen MR) is 102 cm³/mol. The van der Waals surface area contributed by atoms with Gasteiger partial charge in [0.2, 0.25) is 0 Å². The Labute approximate surface area is 158 Å². The van der Waals surface area contributed by atoms with E-state index in [1.807, 2.05) is 18.2 Å². The van der Waals surface area contributed by atoms with Crippen molar-refractivity contribution in [1.82, 2.24) is 0 Å². The van der Waals surface area contributed by atoms with E-state index in [0.29, 0.717) is 18.1 Å². The van der Waals surface area contributed by atoms with E-state index >= 15 is 0 Å². The fourth-order valence-electron chi connectivity index (χ4n) is 3.45. The first-order valence-corrected chi connectivity index (χ1v) is 9.39. The smallest absolute Gasteiger partial charge is 0.310 e. The first-order chi connectivity index (χ1) is 12.6. The maximum Gasteiger partial charge on any atom is 0.310 e. The summed E-state index contributed by atoms with van der Waals surface area (Å²) in [5.41, 5.74) is 2.55. The topological polar surface area (TPSA) is 29.5 Å². The molecule has 1 aliphatic heterocycles. The number of hydrogen-bond donors (Lipinski definition) is 0. The second-order valence-electron chi connectivity index (χ2n) is 6.57. The summed E-state index contributed by atoms with van der Waals surface area (Å²) in [4.78, 5) is 13.7. The fourth-order valence-corrected chi connectivity index (χ4v) is 3.58. The minimum atomic E-state index is -0.400. The fraction of sp³-hybridized carbons (Fsp3) is 0.381. The van der Waals surface area contributed by atoms with Crippen molar-refractivity contribution >= 4 is 23.3 Å². The molecule has 0 amide bonds. The molecule has 0 spiro atoms. The van der Waals surface area contributed by atoms with Gasteiger partial charge in [-0.25, -0.2) is 4.39 Å². The molecular weight excluding hydrogens is 353 g/mol. The van der Waals surface area contributed by atoms with Gasteiger partial charge in [-0.3, -0.25) is 4.79 Å². The van der Waals surface area contributed by atoms with Crippen LogP contribution in [0.2, 0.25) is 5.02 Å². The van der Waals surface area contributed by atoms with Crippen molar-refractivity contribution in [3.8, 4) is 0 Å². The van der Waals surface area contributed by atoms with Crippen molar-refractivity contribution in [3.05, 3.63) is 64.4 Å². The molecule has 1 heterocycles. The van der Waals surface area contributed by atoms with E-state index in [-0.39, 0.29) is 12.2 Å². The summed E-state index contributed by atoms with van der Waals surface area (Å²) < 4.78 is 19.2. The number of hydrogen-bond acceptors (Lipinski definition) is 3. The van der Waals surface area contributed by atoms with E-state index in [2.05, 4.69) is 17.0 Å². The average molecular weight is 376 g/mol. The van der Waals surface area contributed by atoms with Crippen LogP contribution in [0.5, 0.6) is 0 Å². The van der Waals surface area contributed by atoms with Crippen molar-refractivity contribution in [2.24, 2.45) is 0 Å². The second kappa shape index (κ2) is 8.54. The van der Waals surface area contributed by atoms with Crippen molar-refractivity contribution in [3.63, 3.8) is 0 Å². The van der Waals surface area contributed by atoms with Crippen LogP contribution in [0, 0.1) is 5.82 Å². The van der Waals surface area contributed by atoms with Crippen molar-refractivity contribution < 1.29 is 13.9 Å². The highest BCUT2D eigenvalue weighted by molar-refractivity contribution is 6.30. The van der Waals surface area contributed by atoms with Crippen LogP contribution < -0.4 is 4.90 Å². The number of carbonyl (C=O) groups is 1. The van der Waals surface area contributed by atoms with Crippen LogP contribution in [0.4, 0.5) is 10.1 Å². The normalized spacial score (nSPS) is 15.1. The molecule has 0 N–H and O–H groups in total. The summed E-state index contributed by atoms with van der Waals surface area (Å²) in [5, 5.41) is 0.754. The number of rotatable bonds is 5. The van der Waals surface area contributed by atoms with Gasteiger partial charge in [0.1, 0.15) is 5.82 Å². The molecule has 0 saturated carbocycles. The lowest BCUT2D eigenvalue weighted by atomic mass is 9.89. The number of esters is 1. The molecule has 0 unspecified atom stereocenters. The number of anilines is 1. The Bertz CT molecular complexity index is 755. The number of nitrogens with zero attached hydrogens (tertiary/aromatic N) is 1. The number of carbonyl (C=O) groups excluding carboxylic acids is 1. The van der Waals surface area contributed by atoms with Crippen LogP contribution in [-0.2, 0) is 16.0 Å². The molecule has 0 aromatic heterocycles. The molecule has 1 saturated heterocycles. The Balaban J connectivity index is 1.61. The monoisotopic (exact) mass is 375 g/mol. The molecule has 5 heteroatoms. The zero-order valence-electron chi connectivity index (χ0n) is 14.9. The van der Waals surface area contributed by atoms with Gasteiger partial charge in [0, 0.05) is 23.8 Å². The highest BCUT2D eigenvalue weighted by atomic mass is 35.5. The van der Waals surface area contributed by atoms with Gasteiger partial charge in [-0.2, -0.15) is 0 Å². The first kappa shape index (κ1) is 18.7. The molecule has 2 aromatic carbocycles. The van der Waals surface area contributed by atoms with Gasteiger partial charge >= 0.3 is 5.97 Å². The Morgan fingerprint density at radius 1 is 1.19 bits per heavy atom. The van der Waals surface area contributed by atoms with E-state index in [1.165, 1.54) is 11.6 Å². The van der Waals surface area contributed by atoms with Gasteiger partial charge in [-0.05, 0) is 61.1 Å². The Kier molecular flexibility index (Phi) is 6.15. The van der Waals surface area contributed by atoms with E-state index in [0.717, 1.165) is 36.6 Å². The maximum atomic E-state index is 14.3. The molecule has 3 nitrogen and oxygen atoms in total. The van der Waals surface area contributed by atoms with Crippen LogP contribution in [0.15, 0.2) is 42.5 Å². The highest BCUT2D eigenvalue weighted by Crippen LogP contribution is 2.31. The number of benzene rings is 2. The second-order valence-corrected chi connectivity index (χ2v) is 7.01. The lowest BCUT2D eigenvalue weighted by Crippen LogP contribution is -2.33. The van der Waals surface area contributed by atoms with Crippen LogP contribution >= 0.6 is 11.6 Å². The molecule has 0 aliphatic carbocycles. The first-order valence-electron chi connectivity index (χ1n) is 9.01. The van der Waals surface area contributed by atoms with Gasteiger partial charge in [0.15, 0.2) is 0 Å². The number of piperidine rings is 1. The molecule has 26 heavy (non-hydrogen) atoms. The summed E-state index contributed by atoms with van der Waals surface area (Å²) >= 11 is 5.96. The van der Waals surface area contributed by atoms with Crippen LogP contribution in [0.1, 0.15) is 36.8 Å². The quantitative estimate of drug-likeness (QED) is 0.691. The van der Waals surface area contributed by atoms with Crippen LogP contribution in [0.3, 0.4) is 0 Å². The van der Waals surface area contributed by atoms with Crippen molar-refractivity contribution in [2.75, 3.05) is 24.6 Å². The molecular formula is C21H23ClFNO2. The van der Waals surface area contributed by atoms with E-state index in [9.17, 15) is 9.18 Å². The molecule has 0 bridgehead atoms. The van der Waals surface area contributed by atoms with E-state index < -0.39 is 5.97 Å². The molecule has 138 valence electrons. The molecule has 0 atom stereocenters. The minimum Gasteiger partial charge on any atom is -0.466 e. The Morgan fingerprint density at radius 3 is 2.50 bits per heavy atom. The third-order valence-electron chi connectivity index (χ3n) is 4.88. The van der Waals surface area contributed by atoms with Gasteiger partial charge in [0.05, 0.1) is 13.0 Å². The summed E-state index contributed by atoms with van der Waals surface area (Å²) in [6.45, 7) is 3.81. The van der Waals surface area contributed by atoms with Crippen molar-refractivity contribution in [2.45, 2.75) is 32.1 Å². The summed E-state index contributed by atoms with van der Waals surface area (Å²) in [6, 6.07) is 13.1. The molecule has 0 radical (unpaired) electrons. The van der Waals surface area contributed by atoms with Crippen molar-refractivity contribution in [1.29, 1.82) is 0 Å². The molecule has 2 aromatic rings. The van der Waals surface area contributed by atoms with Gasteiger partial charge in [-0.15, -0.1) is 0 Å². The minimum absolute atomic E-state index is 0.0292. The van der Waals surface area contributed by atoms with E-state index in [1.54, 1.807) is 13.0 Å². The lowest BCUT2D eigenvalue weighted by Gasteiger charge is -2.34. The number of halogens is 2. The predicted octanol–water partition coefficient (Wildman–Crippen LogP) is 4.97. The van der Waals surface area contributed by atoms with E-state index in [4.69, 9.17) is 16.3 Å². The zero-order valence-corrected chi connectivity index (χ0v) is 15.6. The Morgan fingerprint density at radius 2 is 1.88 bits per heavy atom. The SMILES string of the molecule is CCOC(=O)Cc1ccc(N2CCC(c3ccc(Cl)cc3)CC2)cc1F. The maximum absolute atomic E-state index is 14.3. The molecule has 1 aliphatic rings. The lowest BCUT2D eigenvalue weighted by molar-refractivity contribution is -0.142. The highest BCUT2D eigenvalue weighted by Gasteiger charge is 2.21. The van der Waals surface area contributed by atoms with Gasteiger partial charge in [-0.1, -0.05) is 29.8 Å². The third-order valence-corrected chi connectivity index (χ3v) is 5.13. The standard InChI is InChI=1S/C21H23ClFNO2/c1-2-26-21(25)13-17-5-8-19(14-20(17)23)24-11-9-16(10-12-24)15-3-6-18(22)7-4-15/h3-8,14,16H,2,9-13H2,1H3. The average Bonchev–Trinajstić information content (AvgIpc) is 2.64. The van der Waals surface area contributed by atoms with Crippen LogP contribution in [-0.4, -0.2) is 25.7 Å². The summed E-state index contributed by atoms with van der Waals surface area (Å²) in [6.07, 6.45) is 2.01. The van der Waals surface area contributed by atoms with Gasteiger partial charge < -0.3 is 9.64 Å². The zero-order chi connectivity index (χ0) is 18.5. The van der Waals surface area contributed by atoms with Crippen LogP contribution in [0.25, 0.3) is 0 Å².